The number of rotatable bonds is 8. The number of hydrogen-bond acceptors (Lipinski definition) is 15. The minimum absolute atomic E-state index is 0.140. The van der Waals surface area contributed by atoms with Crippen LogP contribution in [0.2, 0.25) is 0 Å². The summed E-state index contributed by atoms with van der Waals surface area (Å²) in [4.78, 5) is 24.9. The molecule has 1 saturated carbocycles. The second-order valence-corrected chi connectivity index (χ2v) is 9.86. The fraction of sp³-hybridized carbons (Fsp3) is 0.538. The van der Waals surface area contributed by atoms with Crippen molar-refractivity contribution in [2.45, 2.75) is 49.2 Å². The maximum Gasteiger partial charge on any atom is 0.337 e. The van der Waals surface area contributed by atoms with Crippen LogP contribution in [-0.2, 0) is 33.3 Å². The predicted molar refractivity (Wildman–Crippen MR) is 132 cm³/mol. The molecular weight excluding hydrogens is 552 g/mol. The monoisotopic (exact) mass is 584 g/mol. The lowest BCUT2D eigenvalue weighted by molar-refractivity contribution is -0.343. The van der Waals surface area contributed by atoms with Crippen LogP contribution in [0.15, 0.2) is 36.1 Å². The molecular formula is C26H32O15. The molecule has 0 amide bonds. The standard InChI is InChI=1S/C26H32O15/c1-37-24(36)12-9-39-25(41-26-23(35)22(34)20(32)15(7-27)40-26)18-11(19(31)21(33)17(12)18)8-38-16(30)5-3-10-2-4-13(28)14(29)6-10/h2-6,9,11,15,17-23,25-29,31-35H,7-8H2,1H3/t11-,15+,17-,18-,19-,20-,21+,22-,23-,25-,26+/m1/s1. The molecule has 1 saturated heterocycles. The third-order valence-corrected chi connectivity index (χ3v) is 7.44. The van der Waals surface area contributed by atoms with E-state index in [1.54, 1.807) is 0 Å². The molecule has 0 aromatic heterocycles. The third kappa shape index (κ3) is 6.17. The Balaban J connectivity index is 1.54. The summed E-state index contributed by atoms with van der Waals surface area (Å²) in [6.45, 7) is -1.21. The summed E-state index contributed by atoms with van der Waals surface area (Å²) in [5.74, 6) is -5.79. The first kappa shape index (κ1) is 30.7. The Bertz CT molecular complexity index is 1170. The Labute approximate surface area is 233 Å². The molecule has 15 nitrogen and oxygen atoms in total. The van der Waals surface area contributed by atoms with Gasteiger partial charge in [0.05, 0.1) is 44.4 Å². The Morgan fingerprint density at radius 1 is 0.951 bits per heavy atom. The van der Waals surface area contributed by atoms with Gasteiger partial charge in [-0.15, -0.1) is 0 Å². The SMILES string of the molecule is COC(=O)C1=CO[C@H](O[C@@H]2O[C@@H](CO)[C@@H](O)[C@@H](O)[C@H]2O)[C@@H]2[C@@H](COC(=O)C=Cc3ccc(O)c(O)c3)[C@@H](O)[C@@H](O)[C@H]12. The summed E-state index contributed by atoms with van der Waals surface area (Å²) >= 11 is 0. The van der Waals surface area contributed by atoms with Gasteiger partial charge >= 0.3 is 11.9 Å². The van der Waals surface area contributed by atoms with Crippen LogP contribution in [0, 0.1) is 17.8 Å². The molecule has 2 fully saturated rings. The quantitative estimate of drug-likeness (QED) is 0.0892. The lowest BCUT2D eigenvalue weighted by Crippen LogP contribution is -2.60. The molecule has 2 aliphatic heterocycles. The highest BCUT2D eigenvalue weighted by Crippen LogP contribution is 2.48. The molecule has 1 aliphatic carbocycles. The van der Waals surface area contributed by atoms with Crippen molar-refractivity contribution in [3.63, 3.8) is 0 Å². The average molecular weight is 585 g/mol. The highest BCUT2D eigenvalue weighted by atomic mass is 16.8. The van der Waals surface area contributed by atoms with Crippen molar-refractivity contribution in [3.8, 4) is 11.5 Å². The summed E-state index contributed by atoms with van der Waals surface area (Å²) in [7, 11) is 1.10. The lowest BCUT2D eigenvalue weighted by Gasteiger charge is -2.43. The summed E-state index contributed by atoms with van der Waals surface area (Å²) in [6, 6.07) is 3.87. The molecule has 1 aromatic carbocycles. The van der Waals surface area contributed by atoms with Gasteiger partial charge < -0.3 is 64.5 Å². The first-order valence-electron chi connectivity index (χ1n) is 12.6. The van der Waals surface area contributed by atoms with E-state index in [2.05, 4.69) is 0 Å². The highest BCUT2D eigenvalue weighted by molar-refractivity contribution is 5.89. The number of fused-ring (bicyclic) bond motifs is 1. The molecule has 15 heteroatoms. The van der Waals surface area contributed by atoms with Crippen molar-refractivity contribution in [1.29, 1.82) is 0 Å². The number of aromatic hydroxyl groups is 2. The van der Waals surface area contributed by atoms with Crippen LogP contribution in [0.4, 0.5) is 0 Å². The smallest absolute Gasteiger partial charge is 0.337 e. The Morgan fingerprint density at radius 3 is 2.34 bits per heavy atom. The summed E-state index contributed by atoms with van der Waals surface area (Å²) in [6.07, 6.45) is -9.41. The fourth-order valence-electron chi connectivity index (χ4n) is 5.24. The first-order valence-corrected chi connectivity index (χ1v) is 12.6. The van der Waals surface area contributed by atoms with E-state index in [0.29, 0.717) is 5.56 Å². The number of carbonyl (C=O) groups excluding carboxylic acids is 2. The number of phenolic OH excluding ortho intramolecular Hbond substituents is 2. The largest absolute Gasteiger partial charge is 0.504 e. The summed E-state index contributed by atoms with van der Waals surface area (Å²) in [5.41, 5.74) is 0.230. The minimum atomic E-state index is -1.79. The average Bonchev–Trinajstić information content (AvgIpc) is 3.22. The molecule has 3 aliphatic rings. The van der Waals surface area contributed by atoms with Crippen LogP contribution >= 0.6 is 0 Å². The molecule has 11 atom stereocenters. The van der Waals surface area contributed by atoms with E-state index in [0.717, 1.165) is 19.4 Å². The molecule has 0 radical (unpaired) electrons. The molecule has 0 unspecified atom stereocenters. The van der Waals surface area contributed by atoms with Crippen LogP contribution in [0.5, 0.6) is 11.5 Å². The van der Waals surface area contributed by atoms with Gasteiger partial charge in [0.25, 0.3) is 0 Å². The number of carbonyl (C=O) groups is 2. The van der Waals surface area contributed by atoms with E-state index in [1.165, 1.54) is 24.3 Å². The van der Waals surface area contributed by atoms with Gasteiger partial charge in [-0.05, 0) is 23.8 Å². The number of aliphatic hydroxyl groups excluding tert-OH is 6. The summed E-state index contributed by atoms with van der Waals surface area (Å²) < 4.78 is 26.7. The van der Waals surface area contributed by atoms with Gasteiger partial charge in [0.1, 0.15) is 24.4 Å². The molecule has 0 spiro atoms. The van der Waals surface area contributed by atoms with Crippen molar-refractivity contribution in [3.05, 3.63) is 41.7 Å². The second kappa shape index (κ2) is 12.7. The second-order valence-electron chi connectivity index (χ2n) is 9.86. The maximum atomic E-state index is 12.4. The number of hydrogen-bond donors (Lipinski definition) is 8. The van der Waals surface area contributed by atoms with E-state index in [-0.39, 0.29) is 11.3 Å². The number of phenols is 2. The highest BCUT2D eigenvalue weighted by Gasteiger charge is 2.59. The zero-order valence-corrected chi connectivity index (χ0v) is 21.7. The van der Waals surface area contributed by atoms with Crippen LogP contribution < -0.4 is 0 Å². The van der Waals surface area contributed by atoms with E-state index >= 15 is 0 Å². The number of benzene rings is 1. The van der Waals surface area contributed by atoms with Gasteiger partial charge in [0.15, 0.2) is 17.8 Å². The fourth-order valence-corrected chi connectivity index (χ4v) is 5.24. The zero-order chi connectivity index (χ0) is 30.0. The molecule has 0 bridgehead atoms. The Kier molecular flexibility index (Phi) is 9.51. The van der Waals surface area contributed by atoms with E-state index in [9.17, 15) is 50.4 Å². The third-order valence-electron chi connectivity index (χ3n) is 7.44. The van der Waals surface area contributed by atoms with Crippen molar-refractivity contribution < 1.29 is 74.1 Å². The number of esters is 2. The minimum Gasteiger partial charge on any atom is -0.504 e. The lowest BCUT2D eigenvalue weighted by atomic mass is 9.82. The van der Waals surface area contributed by atoms with Gasteiger partial charge in [-0.3, -0.25) is 0 Å². The van der Waals surface area contributed by atoms with Crippen molar-refractivity contribution in [2.24, 2.45) is 17.8 Å². The number of ether oxygens (including phenoxy) is 5. The zero-order valence-electron chi connectivity index (χ0n) is 21.7. The van der Waals surface area contributed by atoms with Crippen LogP contribution in [0.3, 0.4) is 0 Å². The van der Waals surface area contributed by atoms with Crippen molar-refractivity contribution >= 4 is 18.0 Å². The van der Waals surface area contributed by atoms with Gasteiger partial charge in [0, 0.05) is 23.8 Å². The Hall–Kier alpha value is -3.28. The molecule has 1 aromatic rings. The van der Waals surface area contributed by atoms with Crippen molar-refractivity contribution in [1.82, 2.24) is 0 Å². The molecule has 4 rings (SSSR count). The normalized spacial score (nSPS) is 36.8. The van der Waals surface area contributed by atoms with Gasteiger partial charge in [0.2, 0.25) is 6.29 Å². The van der Waals surface area contributed by atoms with Gasteiger partial charge in [-0.2, -0.15) is 0 Å². The number of methoxy groups -OCH3 is 1. The van der Waals surface area contributed by atoms with E-state index < -0.39 is 97.9 Å². The van der Waals surface area contributed by atoms with Crippen LogP contribution in [0.25, 0.3) is 6.08 Å². The van der Waals surface area contributed by atoms with Crippen LogP contribution in [0.1, 0.15) is 5.56 Å². The van der Waals surface area contributed by atoms with Gasteiger partial charge in [-0.1, -0.05) is 6.07 Å². The van der Waals surface area contributed by atoms with E-state index in [1.807, 2.05) is 0 Å². The number of aliphatic hydroxyl groups is 6. The van der Waals surface area contributed by atoms with Crippen molar-refractivity contribution in [2.75, 3.05) is 20.3 Å². The molecule has 226 valence electrons. The first-order chi connectivity index (χ1) is 19.5. The summed E-state index contributed by atoms with van der Waals surface area (Å²) in [5, 5.41) is 80.8. The maximum absolute atomic E-state index is 12.4. The Morgan fingerprint density at radius 2 is 1.68 bits per heavy atom. The predicted octanol–water partition coefficient (Wildman–Crippen LogP) is -2.53. The van der Waals surface area contributed by atoms with Crippen LogP contribution in [-0.4, -0.2) is 122 Å². The van der Waals surface area contributed by atoms with E-state index in [4.69, 9.17) is 23.7 Å². The van der Waals surface area contributed by atoms with Gasteiger partial charge in [-0.25, -0.2) is 9.59 Å². The molecule has 2 heterocycles. The molecule has 41 heavy (non-hydrogen) atoms. The topological polar surface area (TPSA) is 242 Å². The molecule has 8 N–H and O–H groups in total.